The molecule has 27 heavy (non-hydrogen) atoms. The van der Waals surface area contributed by atoms with Gasteiger partial charge in [0, 0.05) is 7.05 Å². The Bertz CT molecular complexity index is 949. The van der Waals surface area contributed by atoms with Crippen LogP contribution in [0.5, 0.6) is 11.5 Å². The maximum absolute atomic E-state index is 13.0. The van der Waals surface area contributed by atoms with E-state index >= 15 is 0 Å². The normalized spacial score (nSPS) is 17.2. The lowest BCUT2D eigenvalue weighted by molar-refractivity contribution is -0.137. The highest BCUT2D eigenvalue weighted by Crippen LogP contribution is 2.36. The van der Waals surface area contributed by atoms with Gasteiger partial charge in [-0.1, -0.05) is 23.7 Å². The topological polar surface area (TPSA) is 55.8 Å². The molecule has 2 aromatic rings. The number of ether oxygens (including phenoxy) is 2. The molecule has 1 heterocycles. The summed E-state index contributed by atoms with van der Waals surface area (Å²) in [6.07, 6.45) is -5.36. The molecule has 0 bridgehead atoms. The molecule has 10 heteroatoms. The summed E-state index contributed by atoms with van der Waals surface area (Å²) in [6.45, 7) is 0.0198. The molecule has 3 rings (SSSR count). The first kappa shape index (κ1) is 19.8. The van der Waals surface area contributed by atoms with Crippen molar-refractivity contribution in [1.82, 2.24) is 4.31 Å². The molecule has 0 amide bonds. The van der Waals surface area contributed by atoms with Crippen LogP contribution in [-0.2, 0) is 16.2 Å². The number of nitrogens with zero attached hydrogens (tertiary/aromatic N) is 1. The smallest absolute Gasteiger partial charge is 0.417 e. The summed E-state index contributed by atoms with van der Waals surface area (Å²) in [5.74, 6) is 1.03. The fourth-order valence-electron chi connectivity index (χ4n) is 2.60. The Morgan fingerprint density at radius 2 is 1.85 bits per heavy atom. The summed E-state index contributed by atoms with van der Waals surface area (Å²) in [5.41, 5.74) is -1.20. The van der Waals surface area contributed by atoms with Gasteiger partial charge in [-0.05, 0) is 30.3 Å². The Morgan fingerprint density at radius 1 is 1.19 bits per heavy atom. The van der Waals surface area contributed by atoms with Crippen molar-refractivity contribution >= 4 is 21.6 Å². The molecular formula is C17H15ClF3NO4S. The van der Waals surface area contributed by atoms with E-state index in [4.69, 9.17) is 21.1 Å². The van der Waals surface area contributed by atoms with Crippen molar-refractivity contribution in [3.05, 3.63) is 53.1 Å². The van der Waals surface area contributed by atoms with E-state index in [-0.39, 0.29) is 13.2 Å². The monoisotopic (exact) mass is 421 g/mol. The van der Waals surface area contributed by atoms with E-state index in [9.17, 15) is 21.6 Å². The number of hydrogen-bond donors (Lipinski definition) is 0. The molecule has 0 aliphatic carbocycles. The molecule has 2 aromatic carbocycles. The predicted molar refractivity (Wildman–Crippen MR) is 92.6 cm³/mol. The fourth-order valence-corrected chi connectivity index (χ4v) is 4.05. The lowest BCUT2D eigenvalue weighted by Gasteiger charge is -2.29. The van der Waals surface area contributed by atoms with E-state index in [1.807, 2.05) is 0 Å². The van der Waals surface area contributed by atoms with Crippen LogP contribution in [0.15, 0.2) is 47.4 Å². The van der Waals surface area contributed by atoms with Crippen LogP contribution in [0.3, 0.4) is 0 Å². The molecule has 0 radical (unpaired) electrons. The predicted octanol–water partition coefficient (Wildman–Crippen LogP) is 3.82. The second kappa shape index (κ2) is 7.21. The van der Waals surface area contributed by atoms with Crippen molar-refractivity contribution < 1.29 is 31.1 Å². The molecule has 1 aliphatic rings. The van der Waals surface area contributed by atoms with Gasteiger partial charge in [0.1, 0.15) is 12.7 Å². The molecule has 0 fully saturated rings. The molecule has 0 unspecified atom stereocenters. The van der Waals surface area contributed by atoms with Gasteiger partial charge in [0.15, 0.2) is 11.5 Å². The van der Waals surface area contributed by atoms with Gasteiger partial charge in [-0.15, -0.1) is 0 Å². The van der Waals surface area contributed by atoms with Crippen LogP contribution >= 0.6 is 11.6 Å². The van der Waals surface area contributed by atoms with Crippen molar-refractivity contribution in [2.45, 2.75) is 17.2 Å². The van der Waals surface area contributed by atoms with Gasteiger partial charge < -0.3 is 9.47 Å². The number of alkyl halides is 3. The van der Waals surface area contributed by atoms with Crippen molar-refractivity contribution in [3.8, 4) is 11.5 Å². The van der Waals surface area contributed by atoms with Crippen LogP contribution in [0.25, 0.3) is 0 Å². The minimum Gasteiger partial charge on any atom is -0.486 e. The van der Waals surface area contributed by atoms with Crippen LogP contribution in [0.1, 0.15) is 5.56 Å². The summed E-state index contributed by atoms with van der Waals surface area (Å²) >= 11 is 5.55. The maximum atomic E-state index is 13.0. The number of benzene rings is 2. The number of hydrogen-bond acceptors (Lipinski definition) is 4. The van der Waals surface area contributed by atoms with E-state index < -0.39 is 37.8 Å². The van der Waals surface area contributed by atoms with Gasteiger partial charge in [-0.25, -0.2) is 8.42 Å². The highest BCUT2D eigenvalue weighted by Gasteiger charge is 2.35. The Kier molecular flexibility index (Phi) is 5.29. The number of para-hydroxylation sites is 2. The van der Waals surface area contributed by atoms with E-state index in [2.05, 4.69) is 0 Å². The molecule has 0 aromatic heterocycles. The number of halogens is 4. The molecular weight excluding hydrogens is 407 g/mol. The number of likely N-dealkylation sites (N-methyl/N-ethyl adjacent to an activating group) is 1. The zero-order chi connectivity index (χ0) is 19.8. The van der Waals surface area contributed by atoms with Crippen molar-refractivity contribution in [2.75, 3.05) is 20.2 Å². The molecule has 0 saturated heterocycles. The average Bonchev–Trinajstić information content (AvgIpc) is 2.60. The van der Waals surface area contributed by atoms with Crippen molar-refractivity contribution in [2.24, 2.45) is 0 Å². The van der Waals surface area contributed by atoms with Gasteiger partial charge >= 0.3 is 6.18 Å². The summed E-state index contributed by atoms with van der Waals surface area (Å²) in [7, 11) is -2.91. The van der Waals surface area contributed by atoms with Gasteiger partial charge in [-0.3, -0.25) is 0 Å². The van der Waals surface area contributed by atoms with Crippen LogP contribution in [-0.4, -0.2) is 39.0 Å². The molecule has 0 spiro atoms. The van der Waals surface area contributed by atoms with Crippen LogP contribution in [0.2, 0.25) is 5.02 Å². The summed E-state index contributed by atoms with van der Waals surface area (Å²) in [6, 6.07) is 9.42. The first-order chi connectivity index (χ1) is 12.6. The summed E-state index contributed by atoms with van der Waals surface area (Å²) in [4.78, 5) is -0.501. The van der Waals surface area contributed by atoms with E-state index in [1.165, 1.54) is 7.05 Å². The third-order valence-corrected chi connectivity index (χ3v) is 6.13. The molecule has 0 saturated carbocycles. The Labute approximate surface area is 159 Å². The molecule has 0 N–H and O–H groups in total. The standard InChI is InChI=1S/C17H15ClF3NO4S/c1-22(9-11-10-25-15-4-2-3-5-16(15)26-11)27(23,24)12-6-7-14(18)13(8-12)17(19,20)21/h2-8,11H,9-10H2,1H3/t11-/m0/s1. The zero-order valence-corrected chi connectivity index (χ0v) is 15.6. The number of fused-ring (bicyclic) bond motifs is 1. The second-order valence-corrected chi connectivity index (χ2v) is 8.37. The SMILES string of the molecule is CN(C[C@H]1COc2ccccc2O1)S(=O)(=O)c1ccc(Cl)c(C(F)(F)F)c1. The van der Waals surface area contributed by atoms with Gasteiger partial charge in [0.2, 0.25) is 10.0 Å². The minimum atomic E-state index is -4.76. The highest BCUT2D eigenvalue weighted by atomic mass is 35.5. The Morgan fingerprint density at radius 3 is 2.52 bits per heavy atom. The summed E-state index contributed by atoms with van der Waals surface area (Å²) < 4.78 is 76.5. The molecule has 1 atom stereocenters. The second-order valence-electron chi connectivity index (χ2n) is 5.92. The van der Waals surface area contributed by atoms with Crippen LogP contribution < -0.4 is 9.47 Å². The van der Waals surface area contributed by atoms with Gasteiger partial charge in [0.05, 0.1) is 22.0 Å². The fraction of sp³-hybridized carbons (Fsp3) is 0.294. The largest absolute Gasteiger partial charge is 0.486 e. The first-order valence-electron chi connectivity index (χ1n) is 7.80. The lowest BCUT2D eigenvalue weighted by atomic mass is 10.2. The lowest BCUT2D eigenvalue weighted by Crippen LogP contribution is -2.41. The minimum absolute atomic E-state index is 0.0966. The zero-order valence-electron chi connectivity index (χ0n) is 14.0. The van der Waals surface area contributed by atoms with E-state index in [1.54, 1.807) is 24.3 Å². The maximum Gasteiger partial charge on any atom is 0.417 e. The quantitative estimate of drug-likeness (QED) is 0.753. The van der Waals surface area contributed by atoms with Crippen molar-refractivity contribution in [1.29, 1.82) is 0 Å². The third-order valence-electron chi connectivity index (χ3n) is 3.98. The van der Waals surface area contributed by atoms with Crippen LogP contribution in [0.4, 0.5) is 13.2 Å². The van der Waals surface area contributed by atoms with Gasteiger partial charge in [-0.2, -0.15) is 17.5 Å². The molecule has 5 nitrogen and oxygen atoms in total. The molecule has 1 aliphatic heterocycles. The first-order valence-corrected chi connectivity index (χ1v) is 9.62. The van der Waals surface area contributed by atoms with Crippen molar-refractivity contribution in [3.63, 3.8) is 0 Å². The average molecular weight is 422 g/mol. The Balaban J connectivity index is 1.80. The molecule has 146 valence electrons. The number of rotatable bonds is 4. The van der Waals surface area contributed by atoms with Crippen LogP contribution in [0, 0.1) is 0 Å². The third kappa shape index (κ3) is 4.15. The highest BCUT2D eigenvalue weighted by molar-refractivity contribution is 7.89. The van der Waals surface area contributed by atoms with E-state index in [0.29, 0.717) is 17.6 Å². The number of sulfonamides is 1. The van der Waals surface area contributed by atoms with Gasteiger partial charge in [0.25, 0.3) is 0 Å². The Hall–Kier alpha value is -1.97. The van der Waals surface area contributed by atoms with E-state index in [0.717, 1.165) is 16.4 Å². The summed E-state index contributed by atoms with van der Waals surface area (Å²) in [5, 5.41) is -0.565.